The fourth-order valence-corrected chi connectivity index (χ4v) is 4.11. The molecule has 32 heavy (non-hydrogen) atoms. The molecular weight excluding hydrogens is 410 g/mol. The number of H-pyrrole nitrogens is 1. The Morgan fingerprint density at radius 2 is 1.91 bits per heavy atom. The smallest absolute Gasteiger partial charge is 0.328 e. The number of benzene rings is 2. The molecule has 2 atom stereocenters. The topological polar surface area (TPSA) is 101 Å². The minimum atomic E-state index is -0.859. The molecule has 166 valence electrons. The van der Waals surface area contributed by atoms with Gasteiger partial charge >= 0.3 is 5.97 Å². The number of hydrogen-bond acceptors (Lipinski definition) is 5. The summed E-state index contributed by atoms with van der Waals surface area (Å²) < 4.78 is 10.3. The van der Waals surface area contributed by atoms with E-state index in [1.807, 2.05) is 42.6 Å². The second-order valence-electron chi connectivity index (χ2n) is 7.73. The van der Waals surface area contributed by atoms with Crippen LogP contribution in [0.2, 0.25) is 0 Å². The standard InChI is InChI=1S/C24H25N3O5/c1-31-21-10-6-5-9-20(21)27-14-16(12-22(27)28)23(29)26-19(24(30)32-2)11-15-13-25-18-8-4-3-7-17(15)18/h3-10,13,16,19,25H,11-12,14H2,1-2H3,(H,26,29). The first-order valence-electron chi connectivity index (χ1n) is 10.4. The van der Waals surface area contributed by atoms with Crippen LogP contribution >= 0.6 is 0 Å². The van der Waals surface area contributed by atoms with Gasteiger partial charge < -0.3 is 24.7 Å². The van der Waals surface area contributed by atoms with E-state index >= 15 is 0 Å². The molecule has 0 aliphatic carbocycles. The summed E-state index contributed by atoms with van der Waals surface area (Å²) in [6.07, 6.45) is 2.17. The Morgan fingerprint density at radius 3 is 2.69 bits per heavy atom. The van der Waals surface area contributed by atoms with Crippen molar-refractivity contribution in [3.8, 4) is 5.75 Å². The lowest BCUT2D eigenvalue weighted by Gasteiger charge is -2.21. The highest BCUT2D eigenvalue weighted by molar-refractivity contribution is 6.01. The zero-order valence-corrected chi connectivity index (χ0v) is 18.0. The molecule has 2 aromatic carbocycles. The van der Waals surface area contributed by atoms with Gasteiger partial charge in [-0.25, -0.2) is 4.79 Å². The molecule has 0 saturated carbocycles. The molecule has 2 N–H and O–H groups in total. The summed E-state index contributed by atoms with van der Waals surface area (Å²) in [6.45, 7) is 0.214. The van der Waals surface area contributed by atoms with Crippen molar-refractivity contribution in [1.29, 1.82) is 0 Å². The number of amides is 2. The van der Waals surface area contributed by atoms with Gasteiger partial charge in [0.15, 0.2) is 0 Å². The van der Waals surface area contributed by atoms with Crippen LogP contribution in [0, 0.1) is 5.92 Å². The van der Waals surface area contributed by atoms with Crippen molar-refractivity contribution >= 4 is 34.4 Å². The molecule has 4 rings (SSSR count). The number of hydrogen-bond donors (Lipinski definition) is 2. The minimum Gasteiger partial charge on any atom is -0.495 e. The van der Waals surface area contributed by atoms with E-state index < -0.39 is 17.9 Å². The maximum Gasteiger partial charge on any atom is 0.328 e. The lowest BCUT2D eigenvalue weighted by molar-refractivity contribution is -0.145. The predicted molar refractivity (Wildman–Crippen MR) is 119 cm³/mol. The Bertz CT molecular complexity index is 1160. The van der Waals surface area contributed by atoms with Gasteiger partial charge in [-0.05, 0) is 23.8 Å². The summed E-state index contributed by atoms with van der Waals surface area (Å²) in [5.74, 6) is -1.07. The lowest BCUT2D eigenvalue weighted by Crippen LogP contribution is -2.46. The molecule has 2 heterocycles. The van der Waals surface area contributed by atoms with Gasteiger partial charge in [-0.1, -0.05) is 30.3 Å². The van der Waals surface area contributed by atoms with Gasteiger partial charge in [0.1, 0.15) is 11.8 Å². The molecule has 2 unspecified atom stereocenters. The van der Waals surface area contributed by atoms with Crippen LogP contribution in [-0.4, -0.2) is 49.6 Å². The number of nitrogens with zero attached hydrogens (tertiary/aromatic N) is 1. The Labute approximate surface area is 185 Å². The number of para-hydroxylation sites is 3. The van der Waals surface area contributed by atoms with Crippen molar-refractivity contribution in [2.75, 3.05) is 25.7 Å². The average molecular weight is 435 g/mol. The van der Waals surface area contributed by atoms with Gasteiger partial charge in [0.05, 0.1) is 25.8 Å². The fourth-order valence-electron chi connectivity index (χ4n) is 4.11. The highest BCUT2D eigenvalue weighted by Crippen LogP contribution is 2.33. The van der Waals surface area contributed by atoms with Gasteiger partial charge in [-0.3, -0.25) is 9.59 Å². The molecule has 1 fully saturated rings. The number of nitrogens with one attached hydrogen (secondary N) is 2. The summed E-state index contributed by atoms with van der Waals surface area (Å²) >= 11 is 0. The summed E-state index contributed by atoms with van der Waals surface area (Å²) in [5.41, 5.74) is 2.47. The third kappa shape index (κ3) is 4.16. The molecule has 3 aromatic rings. The second-order valence-corrected chi connectivity index (χ2v) is 7.73. The summed E-state index contributed by atoms with van der Waals surface area (Å²) in [5, 5.41) is 3.78. The number of esters is 1. The Kier molecular flexibility index (Phi) is 6.11. The maximum atomic E-state index is 13.0. The first-order valence-corrected chi connectivity index (χ1v) is 10.4. The van der Waals surface area contributed by atoms with E-state index in [1.54, 1.807) is 17.0 Å². The van der Waals surface area contributed by atoms with Crippen molar-refractivity contribution < 1.29 is 23.9 Å². The van der Waals surface area contributed by atoms with Crippen LogP contribution in [0.1, 0.15) is 12.0 Å². The van der Waals surface area contributed by atoms with Gasteiger partial charge in [0.2, 0.25) is 11.8 Å². The molecular formula is C24H25N3O5. The molecule has 1 aromatic heterocycles. The van der Waals surface area contributed by atoms with Crippen LogP contribution in [0.4, 0.5) is 5.69 Å². The highest BCUT2D eigenvalue weighted by Gasteiger charge is 2.37. The molecule has 1 aliphatic heterocycles. The number of fused-ring (bicyclic) bond motifs is 1. The number of anilines is 1. The lowest BCUT2D eigenvalue weighted by atomic mass is 10.0. The molecule has 0 radical (unpaired) electrons. The highest BCUT2D eigenvalue weighted by atomic mass is 16.5. The third-order valence-corrected chi connectivity index (χ3v) is 5.77. The molecule has 0 spiro atoms. The van der Waals surface area contributed by atoms with Crippen LogP contribution in [0.5, 0.6) is 5.75 Å². The molecule has 1 aliphatic rings. The maximum absolute atomic E-state index is 13.0. The van der Waals surface area contributed by atoms with Gasteiger partial charge in [0, 0.05) is 36.5 Å². The second kappa shape index (κ2) is 9.13. The van der Waals surface area contributed by atoms with Gasteiger partial charge in [-0.15, -0.1) is 0 Å². The van der Waals surface area contributed by atoms with Crippen LogP contribution in [-0.2, 0) is 25.5 Å². The molecule has 8 heteroatoms. The largest absolute Gasteiger partial charge is 0.495 e. The molecule has 1 saturated heterocycles. The van der Waals surface area contributed by atoms with Crippen molar-refractivity contribution in [3.63, 3.8) is 0 Å². The minimum absolute atomic E-state index is 0.0604. The summed E-state index contributed by atoms with van der Waals surface area (Å²) in [4.78, 5) is 42.8. The van der Waals surface area contributed by atoms with Crippen molar-refractivity contribution in [2.45, 2.75) is 18.9 Å². The van der Waals surface area contributed by atoms with Crippen molar-refractivity contribution in [1.82, 2.24) is 10.3 Å². The molecule has 8 nitrogen and oxygen atoms in total. The first kappa shape index (κ1) is 21.4. The zero-order valence-electron chi connectivity index (χ0n) is 18.0. The average Bonchev–Trinajstić information content (AvgIpc) is 3.41. The molecule has 0 bridgehead atoms. The van der Waals surface area contributed by atoms with E-state index in [0.29, 0.717) is 11.4 Å². The summed E-state index contributed by atoms with van der Waals surface area (Å²) in [6, 6.07) is 14.1. The van der Waals surface area contributed by atoms with E-state index in [0.717, 1.165) is 16.5 Å². The fraction of sp³-hybridized carbons (Fsp3) is 0.292. The van der Waals surface area contributed by atoms with Gasteiger partial charge in [-0.2, -0.15) is 0 Å². The van der Waals surface area contributed by atoms with E-state index in [1.165, 1.54) is 14.2 Å². The number of aromatic amines is 1. The van der Waals surface area contributed by atoms with E-state index in [9.17, 15) is 14.4 Å². The normalized spacial score (nSPS) is 16.8. The van der Waals surface area contributed by atoms with Crippen LogP contribution in [0.3, 0.4) is 0 Å². The quantitative estimate of drug-likeness (QED) is 0.555. The zero-order chi connectivity index (χ0) is 22.7. The summed E-state index contributed by atoms with van der Waals surface area (Å²) in [7, 11) is 2.83. The number of aromatic nitrogens is 1. The Balaban J connectivity index is 1.49. The van der Waals surface area contributed by atoms with E-state index in [-0.39, 0.29) is 31.2 Å². The number of carbonyl (C=O) groups is 3. The monoisotopic (exact) mass is 435 g/mol. The predicted octanol–water partition coefficient (Wildman–Crippen LogP) is 2.43. The van der Waals surface area contributed by atoms with E-state index in [4.69, 9.17) is 9.47 Å². The SMILES string of the molecule is COC(=O)C(Cc1c[nH]c2ccccc12)NC(=O)C1CC(=O)N(c2ccccc2OC)C1. The number of methoxy groups -OCH3 is 2. The third-order valence-electron chi connectivity index (χ3n) is 5.77. The Morgan fingerprint density at radius 1 is 1.16 bits per heavy atom. The van der Waals surface area contributed by atoms with Crippen LogP contribution in [0.25, 0.3) is 10.9 Å². The number of rotatable bonds is 7. The molecule has 2 amide bonds. The van der Waals surface area contributed by atoms with Crippen molar-refractivity contribution in [3.05, 3.63) is 60.3 Å². The first-order chi connectivity index (χ1) is 15.5. The van der Waals surface area contributed by atoms with Gasteiger partial charge in [0.25, 0.3) is 0 Å². The van der Waals surface area contributed by atoms with Crippen LogP contribution < -0.4 is 15.0 Å². The number of carbonyl (C=O) groups excluding carboxylic acids is 3. The van der Waals surface area contributed by atoms with Crippen molar-refractivity contribution in [2.24, 2.45) is 5.92 Å². The van der Waals surface area contributed by atoms with Crippen LogP contribution in [0.15, 0.2) is 54.7 Å². The number of ether oxygens (including phenoxy) is 2. The Hall–Kier alpha value is -3.81. The van der Waals surface area contributed by atoms with E-state index in [2.05, 4.69) is 10.3 Å².